The number of carbonyl (C=O) groups excluding carboxylic acids is 1. The van der Waals surface area contributed by atoms with Crippen LogP contribution in [0.2, 0.25) is 0 Å². The van der Waals surface area contributed by atoms with E-state index in [9.17, 15) is 4.79 Å². The van der Waals surface area contributed by atoms with Gasteiger partial charge in [0.2, 0.25) is 5.91 Å². The highest BCUT2D eigenvalue weighted by Gasteiger charge is 2.08. The van der Waals surface area contributed by atoms with E-state index in [2.05, 4.69) is 5.32 Å². The molecule has 1 atom stereocenters. The van der Waals surface area contributed by atoms with Crippen molar-refractivity contribution >= 4 is 11.6 Å². The molecule has 0 aliphatic rings. The summed E-state index contributed by atoms with van der Waals surface area (Å²) < 4.78 is 5.05. The molecule has 0 bridgehead atoms. The Morgan fingerprint density at radius 3 is 2.56 bits per heavy atom. The van der Waals surface area contributed by atoms with Gasteiger partial charge in [-0.25, -0.2) is 0 Å². The number of nitrogens with one attached hydrogen (secondary N) is 1. The van der Waals surface area contributed by atoms with E-state index in [0.717, 1.165) is 11.4 Å². The molecule has 0 spiro atoms. The van der Waals surface area contributed by atoms with E-state index >= 15 is 0 Å². The maximum atomic E-state index is 11.7. The van der Waals surface area contributed by atoms with Gasteiger partial charge in [0.05, 0.1) is 13.7 Å². The van der Waals surface area contributed by atoms with Crippen LogP contribution in [-0.4, -0.2) is 44.1 Å². The summed E-state index contributed by atoms with van der Waals surface area (Å²) in [6, 6.07) is 7.29. The largest absolute Gasteiger partial charge is 0.497 e. The number of rotatable bonds is 6. The van der Waals surface area contributed by atoms with Crippen molar-refractivity contribution < 1.29 is 9.53 Å². The fourth-order valence-corrected chi connectivity index (χ4v) is 1.68. The molecule has 3 N–H and O–H groups in total. The number of amides is 1. The van der Waals surface area contributed by atoms with Gasteiger partial charge < -0.3 is 15.8 Å². The lowest BCUT2D eigenvalue weighted by Gasteiger charge is -2.18. The van der Waals surface area contributed by atoms with E-state index < -0.39 is 0 Å². The van der Waals surface area contributed by atoms with Crippen molar-refractivity contribution in [1.82, 2.24) is 4.90 Å². The first-order valence-corrected chi connectivity index (χ1v) is 5.89. The van der Waals surface area contributed by atoms with E-state index in [1.54, 1.807) is 19.2 Å². The van der Waals surface area contributed by atoms with Crippen molar-refractivity contribution in [3.63, 3.8) is 0 Å². The molecule has 18 heavy (non-hydrogen) atoms. The number of methoxy groups -OCH3 is 1. The van der Waals surface area contributed by atoms with Gasteiger partial charge in [0, 0.05) is 18.3 Å². The zero-order valence-electron chi connectivity index (χ0n) is 11.1. The molecule has 0 aliphatic heterocycles. The Morgan fingerprint density at radius 2 is 2.06 bits per heavy atom. The summed E-state index contributed by atoms with van der Waals surface area (Å²) in [5.41, 5.74) is 6.43. The Labute approximate surface area is 108 Å². The highest BCUT2D eigenvalue weighted by atomic mass is 16.5. The Balaban J connectivity index is 2.43. The molecule has 0 saturated heterocycles. The number of anilines is 1. The molecule has 0 aromatic heterocycles. The van der Waals surface area contributed by atoms with Crippen LogP contribution in [0.25, 0.3) is 0 Å². The molecule has 100 valence electrons. The molecular formula is C13H21N3O2. The van der Waals surface area contributed by atoms with Crippen LogP contribution in [-0.2, 0) is 4.79 Å². The second-order valence-corrected chi connectivity index (χ2v) is 4.45. The van der Waals surface area contributed by atoms with Crippen LogP contribution in [0.5, 0.6) is 5.75 Å². The van der Waals surface area contributed by atoms with Crippen molar-refractivity contribution in [3.8, 4) is 5.75 Å². The van der Waals surface area contributed by atoms with Crippen LogP contribution in [0.15, 0.2) is 24.3 Å². The molecule has 0 aliphatic carbocycles. The molecule has 1 unspecified atom stereocenters. The summed E-state index contributed by atoms with van der Waals surface area (Å²) in [6.45, 7) is 2.93. The second kappa shape index (κ2) is 6.98. The van der Waals surface area contributed by atoms with Gasteiger partial charge >= 0.3 is 0 Å². The summed E-state index contributed by atoms with van der Waals surface area (Å²) in [6.07, 6.45) is 0. The van der Waals surface area contributed by atoms with Gasteiger partial charge in [0.1, 0.15) is 5.75 Å². The van der Waals surface area contributed by atoms with Crippen LogP contribution in [0.4, 0.5) is 5.69 Å². The Morgan fingerprint density at radius 1 is 1.44 bits per heavy atom. The smallest absolute Gasteiger partial charge is 0.238 e. The predicted octanol–water partition coefficient (Wildman–Crippen LogP) is 0.913. The molecule has 0 saturated carbocycles. The summed E-state index contributed by atoms with van der Waals surface area (Å²) in [5, 5.41) is 2.82. The van der Waals surface area contributed by atoms with Crippen molar-refractivity contribution in [2.75, 3.05) is 32.6 Å². The van der Waals surface area contributed by atoms with Crippen LogP contribution < -0.4 is 15.8 Å². The number of benzene rings is 1. The predicted molar refractivity (Wildman–Crippen MR) is 72.8 cm³/mol. The lowest BCUT2D eigenvalue weighted by atomic mass is 10.3. The normalized spacial score (nSPS) is 12.3. The molecule has 1 rings (SSSR count). The molecule has 1 amide bonds. The first-order valence-electron chi connectivity index (χ1n) is 5.89. The van der Waals surface area contributed by atoms with Gasteiger partial charge in [-0.3, -0.25) is 9.69 Å². The number of carbonyl (C=O) groups is 1. The van der Waals surface area contributed by atoms with E-state index in [0.29, 0.717) is 13.1 Å². The average Bonchev–Trinajstić information content (AvgIpc) is 2.28. The van der Waals surface area contributed by atoms with Gasteiger partial charge in [-0.05, 0) is 38.2 Å². The first-order chi connectivity index (χ1) is 8.51. The Bertz CT molecular complexity index is 376. The second-order valence-electron chi connectivity index (χ2n) is 4.45. The van der Waals surface area contributed by atoms with E-state index in [-0.39, 0.29) is 11.9 Å². The van der Waals surface area contributed by atoms with Crippen LogP contribution in [0.3, 0.4) is 0 Å². The molecule has 5 heteroatoms. The molecule has 1 aromatic rings. The first kappa shape index (κ1) is 14.5. The third-order valence-corrected chi connectivity index (χ3v) is 2.39. The van der Waals surface area contributed by atoms with E-state index in [1.165, 1.54) is 0 Å². The van der Waals surface area contributed by atoms with Crippen molar-refractivity contribution in [2.45, 2.75) is 13.0 Å². The average molecular weight is 251 g/mol. The lowest BCUT2D eigenvalue weighted by Crippen LogP contribution is -2.37. The summed E-state index contributed by atoms with van der Waals surface area (Å²) in [5.74, 6) is 0.713. The summed E-state index contributed by atoms with van der Waals surface area (Å²) >= 11 is 0. The minimum Gasteiger partial charge on any atom is -0.497 e. The number of hydrogen-bond donors (Lipinski definition) is 2. The van der Waals surface area contributed by atoms with Gasteiger partial charge in [-0.2, -0.15) is 0 Å². The van der Waals surface area contributed by atoms with Crippen LogP contribution in [0.1, 0.15) is 6.92 Å². The highest BCUT2D eigenvalue weighted by Crippen LogP contribution is 2.14. The zero-order valence-corrected chi connectivity index (χ0v) is 11.1. The third kappa shape index (κ3) is 5.16. The van der Waals surface area contributed by atoms with Gasteiger partial charge in [0.15, 0.2) is 0 Å². The molecule has 0 radical (unpaired) electrons. The molecule has 0 fully saturated rings. The topological polar surface area (TPSA) is 67.6 Å². The molecule has 0 heterocycles. The third-order valence-electron chi connectivity index (χ3n) is 2.39. The maximum absolute atomic E-state index is 11.7. The highest BCUT2D eigenvalue weighted by molar-refractivity contribution is 5.92. The molecule has 1 aromatic carbocycles. The maximum Gasteiger partial charge on any atom is 0.238 e. The fourth-order valence-electron chi connectivity index (χ4n) is 1.68. The quantitative estimate of drug-likeness (QED) is 0.788. The van der Waals surface area contributed by atoms with Crippen molar-refractivity contribution in [1.29, 1.82) is 0 Å². The van der Waals surface area contributed by atoms with E-state index in [1.807, 2.05) is 31.0 Å². The lowest BCUT2D eigenvalue weighted by molar-refractivity contribution is -0.117. The van der Waals surface area contributed by atoms with Gasteiger partial charge in [-0.1, -0.05) is 0 Å². The SMILES string of the molecule is COc1ccc(NC(=O)CN(C)CC(C)N)cc1. The van der Waals surface area contributed by atoms with Crippen LogP contribution in [0, 0.1) is 0 Å². The number of nitrogens with zero attached hydrogens (tertiary/aromatic N) is 1. The summed E-state index contributed by atoms with van der Waals surface area (Å²) in [4.78, 5) is 13.6. The monoisotopic (exact) mass is 251 g/mol. The Hall–Kier alpha value is -1.59. The Kier molecular flexibility index (Phi) is 5.61. The van der Waals surface area contributed by atoms with Crippen LogP contribution >= 0.6 is 0 Å². The molecular weight excluding hydrogens is 230 g/mol. The van der Waals surface area contributed by atoms with Gasteiger partial charge in [0.25, 0.3) is 0 Å². The number of ether oxygens (including phenoxy) is 1. The minimum atomic E-state index is -0.0525. The summed E-state index contributed by atoms with van der Waals surface area (Å²) in [7, 11) is 3.48. The van der Waals surface area contributed by atoms with Crippen molar-refractivity contribution in [2.24, 2.45) is 5.73 Å². The minimum absolute atomic E-state index is 0.0525. The standard InChI is InChI=1S/C13H21N3O2/c1-10(14)8-16(2)9-13(17)15-11-4-6-12(18-3)7-5-11/h4-7,10H,8-9,14H2,1-3H3,(H,15,17). The fraction of sp³-hybridized carbons (Fsp3) is 0.462. The van der Waals surface area contributed by atoms with Gasteiger partial charge in [-0.15, -0.1) is 0 Å². The number of nitrogens with two attached hydrogens (primary N) is 1. The number of hydrogen-bond acceptors (Lipinski definition) is 4. The van der Waals surface area contributed by atoms with E-state index in [4.69, 9.17) is 10.5 Å². The van der Waals surface area contributed by atoms with Crippen molar-refractivity contribution in [3.05, 3.63) is 24.3 Å². The zero-order chi connectivity index (χ0) is 13.5. The number of likely N-dealkylation sites (N-methyl/N-ethyl adjacent to an activating group) is 1. The molecule has 5 nitrogen and oxygen atoms in total.